The Kier molecular flexibility index (Phi) is 2.76. The fourth-order valence-electron chi connectivity index (χ4n) is 0.679. The van der Waals surface area contributed by atoms with Gasteiger partial charge in [0.05, 0.1) is 0 Å². The molecule has 11 heavy (non-hydrogen) atoms. The van der Waals surface area contributed by atoms with Gasteiger partial charge >= 0.3 is 0 Å². The zero-order valence-corrected chi connectivity index (χ0v) is 7.69. The second-order valence-electron chi connectivity index (χ2n) is 2.57. The number of thioether (sulfide) groups is 1. The van der Waals surface area contributed by atoms with Gasteiger partial charge in [-0.25, -0.2) is 4.98 Å². The van der Waals surface area contributed by atoms with Crippen molar-refractivity contribution in [2.75, 3.05) is 5.75 Å². The summed E-state index contributed by atoms with van der Waals surface area (Å²) in [6.07, 6.45) is 3.75. The van der Waals surface area contributed by atoms with E-state index in [0.29, 0.717) is 0 Å². The molecule has 0 atom stereocenters. The normalized spacial score (nSPS) is 10.0. The molecule has 3 heteroatoms. The van der Waals surface area contributed by atoms with Crippen molar-refractivity contribution in [3.05, 3.63) is 24.5 Å². The number of rotatable bonds is 3. The molecule has 60 valence electrons. The van der Waals surface area contributed by atoms with E-state index in [1.165, 1.54) is 5.57 Å². The summed E-state index contributed by atoms with van der Waals surface area (Å²) in [5, 5.41) is 1.05. The molecule has 1 aromatic rings. The maximum atomic E-state index is 4.17. The van der Waals surface area contributed by atoms with E-state index in [2.05, 4.69) is 11.6 Å². The summed E-state index contributed by atoms with van der Waals surface area (Å²) in [5.41, 5.74) is 1.18. The van der Waals surface area contributed by atoms with Gasteiger partial charge < -0.3 is 4.57 Å². The third kappa shape index (κ3) is 2.42. The first-order valence-electron chi connectivity index (χ1n) is 3.44. The Morgan fingerprint density at radius 1 is 1.82 bits per heavy atom. The number of hydrogen-bond acceptors (Lipinski definition) is 2. The van der Waals surface area contributed by atoms with Crippen LogP contribution in [0.5, 0.6) is 0 Å². The molecule has 0 aromatic carbocycles. The van der Waals surface area contributed by atoms with Gasteiger partial charge in [-0.05, 0) is 6.92 Å². The van der Waals surface area contributed by atoms with Crippen LogP contribution in [0.2, 0.25) is 0 Å². The fraction of sp³-hybridized carbons (Fsp3) is 0.375. The molecule has 1 aromatic heterocycles. The standard InChI is InChI=1S/C8H12N2S/c1-7(2)6-11-8-9-4-5-10(8)3/h4-5H,1,6H2,2-3H3. The summed E-state index contributed by atoms with van der Waals surface area (Å²) in [4.78, 5) is 4.17. The number of aromatic nitrogens is 2. The Hall–Kier alpha value is -0.700. The SMILES string of the molecule is C=C(C)CSc1nccn1C. The van der Waals surface area contributed by atoms with Gasteiger partial charge in [-0.3, -0.25) is 0 Å². The van der Waals surface area contributed by atoms with Crippen LogP contribution in [0, 0.1) is 0 Å². The Bertz CT molecular complexity index is 252. The predicted molar refractivity (Wildman–Crippen MR) is 48.7 cm³/mol. The lowest BCUT2D eigenvalue weighted by atomic mass is 10.4. The predicted octanol–water partition coefficient (Wildman–Crippen LogP) is 2.09. The summed E-state index contributed by atoms with van der Waals surface area (Å²) in [5.74, 6) is 0.949. The van der Waals surface area contributed by atoms with Crippen molar-refractivity contribution in [3.63, 3.8) is 0 Å². The molecule has 0 aliphatic heterocycles. The molecular formula is C8H12N2S. The van der Waals surface area contributed by atoms with E-state index in [1.807, 2.05) is 24.7 Å². The van der Waals surface area contributed by atoms with Crippen LogP contribution in [0.15, 0.2) is 29.7 Å². The van der Waals surface area contributed by atoms with Crippen LogP contribution in [-0.2, 0) is 7.05 Å². The molecule has 0 aliphatic carbocycles. The van der Waals surface area contributed by atoms with Crippen molar-refractivity contribution in [1.29, 1.82) is 0 Å². The van der Waals surface area contributed by atoms with Crippen molar-refractivity contribution in [2.45, 2.75) is 12.1 Å². The van der Waals surface area contributed by atoms with Gasteiger partial charge in [0.2, 0.25) is 0 Å². The molecule has 0 unspecified atom stereocenters. The second-order valence-corrected chi connectivity index (χ2v) is 3.51. The summed E-state index contributed by atoms with van der Waals surface area (Å²) >= 11 is 1.71. The van der Waals surface area contributed by atoms with Crippen LogP contribution in [0.3, 0.4) is 0 Å². The maximum absolute atomic E-state index is 4.17. The van der Waals surface area contributed by atoms with Crippen molar-refractivity contribution in [3.8, 4) is 0 Å². The highest BCUT2D eigenvalue weighted by Gasteiger charge is 1.98. The third-order valence-electron chi connectivity index (χ3n) is 1.22. The van der Waals surface area contributed by atoms with Gasteiger partial charge in [0, 0.05) is 25.2 Å². The molecule has 0 amide bonds. The molecule has 2 nitrogen and oxygen atoms in total. The maximum Gasteiger partial charge on any atom is 0.167 e. The van der Waals surface area contributed by atoms with Crippen LogP contribution in [0.4, 0.5) is 0 Å². The van der Waals surface area contributed by atoms with Gasteiger partial charge in [0.25, 0.3) is 0 Å². The van der Waals surface area contributed by atoms with Crippen LogP contribution < -0.4 is 0 Å². The smallest absolute Gasteiger partial charge is 0.167 e. The minimum atomic E-state index is 0.949. The molecule has 1 heterocycles. The van der Waals surface area contributed by atoms with Crippen LogP contribution in [-0.4, -0.2) is 15.3 Å². The first-order chi connectivity index (χ1) is 5.20. The Morgan fingerprint density at radius 2 is 2.55 bits per heavy atom. The second kappa shape index (κ2) is 3.62. The number of hydrogen-bond donors (Lipinski definition) is 0. The topological polar surface area (TPSA) is 17.8 Å². The van der Waals surface area contributed by atoms with Crippen molar-refractivity contribution >= 4 is 11.8 Å². The minimum Gasteiger partial charge on any atom is -0.329 e. The van der Waals surface area contributed by atoms with Crippen LogP contribution in [0.1, 0.15) is 6.92 Å². The van der Waals surface area contributed by atoms with E-state index in [9.17, 15) is 0 Å². The Balaban J connectivity index is 2.51. The quantitative estimate of drug-likeness (QED) is 0.508. The molecule has 0 aliphatic rings. The van der Waals surface area contributed by atoms with Gasteiger partial charge in [0.1, 0.15) is 0 Å². The molecule has 0 N–H and O–H groups in total. The third-order valence-corrected chi connectivity index (χ3v) is 2.51. The summed E-state index contributed by atoms with van der Waals surface area (Å²) in [7, 11) is 1.99. The van der Waals surface area contributed by atoms with Crippen molar-refractivity contribution in [2.24, 2.45) is 7.05 Å². The lowest BCUT2D eigenvalue weighted by Gasteiger charge is -1.99. The summed E-state index contributed by atoms with van der Waals surface area (Å²) in [6.45, 7) is 5.85. The van der Waals surface area contributed by atoms with E-state index >= 15 is 0 Å². The van der Waals surface area contributed by atoms with Crippen molar-refractivity contribution in [1.82, 2.24) is 9.55 Å². The van der Waals surface area contributed by atoms with Crippen LogP contribution >= 0.6 is 11.8 Å². The van der Waals surface area contributed by atoms with Crippen molar-refractivity contribution < 1.29 is 0 Å². The van der Waals surface area contributed by atoms with E-state index in [-0.39, 0.29) is 0 Å². The van der Waals surface area contributed by atoms with Gasteiger partial charge in [0.15, 0.2) is 5.16 Å². The molecule has 0 fully saturated rings. The summed E-state index contributed by atoms with van der Waals surface area (Å²) < 4.78 is 2.01. The lowest BCUT2D eigenvalue weighted by Crippen LogP contribution is -1.90. The number of nitrogens with zero attached hydrogens (tertiary/aromatic N) is 2. The average Bonchev–Trinajstić information content (AvgIpc) is 2.31. The van der Waals surface area contributed by atoms with Gasteiger partial charge in [-0.2, -0.15) is 0 Å². The highest BCUT2D eigenvalue weighted by Crippen LogP contribution is 2.16. The first kappa shape index (κ1) is 8.40. The zero-order valence-electron chi connectivity index (χ0n) is 6.87. The minimum absolute atomic E-state index is 0.949. The van der Waals surface area contributed by atoms with E-state index in [1.54, 1.807) is 18.0 Å². The molecular weight excluding hydrogens is 156 g/mol. The number of aryl methyl sites for hydroxylation is 1. The molecule has 0 saturated carbocycles. The van der Waals surface area contributed by atoms with E-state index in [4.69, 9.17) is 0 Å². The van der Waals surface area contributed by atoms with Gasteiger partial charge in [-0.15, -0.1) is 0 Å². The lowest BCUT2D eigenvalue weighted by molar-refractivity contribution is 0.790. The zero-order chi connectivity index (χ0) is 8.27. The van der Waals surface area contributed by atoms with E-state index < -0.39 is 0 Å². The summed E-state index contributed by atoms with van der Waals surface area (Å²) in [6, 6.07) is 0. The highest BCUT2D eigenvalue weighted by atomic mass is 32.2. The van der Waals surface area contributed by atoms with Gasteiger partial charge in [-0.1, -0.05) is 23.9 Å². The molecule has 0 spiro atoms. The Morgan fingerprint density at radius 3 is 3.00 bits per heavy atom. The largest absolute Gasteiger partial charge is 0.329 e. The molecule has 0 radical (unpaired) electrons. The Labute approximate surface area is 71.3 Å². The van der Waals surface area contributed by atoms with E-state index in [0.717, 1.165) is 10.9 Å². The monoisotopic (exact) mass is 168 g/mol. The van der Waals surface area contributed by atoms with Crippen LogP contribution in [0.25, 0.3) is 0 Å². The first-order valence-corrected chi connectivity index (χ1v) is 4.43. The molecule has 0 bridgehead atoms. The fourth-order valence-corrected chi connectivity index (χ4v) is 1.45. The molecule has 1 rings (SSSR count). The molecule has 0 saturated heterocycles. The number of imidazole rings is 1. The average molecular weight is 168 g/mol. The highest BCUT2D eigenvalue weighted by molar-refractivity contribution is 7.99.